The summed E-state index contributed by atoms with van der Waals surface area (Å²) < 4.78 is 6.16. The minimum atomic E-state index is -0.404. The molecule has 0 amide bonds. The molecule has 0 atom stereocenters. The van der Waals surface area contributed by atoms with Crippen LogP contribution < -0.4 is 20.2 Å². The Morgan fingerprint density at radius 1 is 0.659 bits per heavy atom. The molecule has 3 aromatic carbocycles. The second kappa shape index (κ2) is 14.8. The average molecular weight is 600 g/mol. The Kier molecular flexibility index (Phi) is 11.1. The third kappa shape index (κ3) is 6.95. The molecule has 1 heterocycles. The largest absolute Gasteiger partial charge is 0.422 e. The zero-order valence-corrected chi connectivity index (χ0v) is 28.0. The number of nitrogens with zero attached hydrogens (tertiary/aromatic N) is 3. The van der Waals surface area contributed by atoms with Gasteiger partial charge in [-0.3, -0.25) is 0 Å². The van der Waals surface area contributed by atoms with Crippen molar-refractivity contribution in [3.63, 3.8) is 0 Å². The summed E-state index contributed by atoms with van der Waals surface area (Å²) in [4.78, 5) is 28.9. The van der Waals surface area contributed by atoms with Gasteiger partial charge in [-0.15, -0.1) is 10.1 Å². The first-order valence-corrected chi connectivity index (χ1v) is 16.1. The minimum Gasteiger partial charge on any atom is -0.422 e. The average Bonchev–Trinajstić information content (AvgIpc) is 3.03. The molecule has 0 aliphatic heterocycles. The quantitative estimate of drug-likeness (QED) is 0.107. The van der Waals surface area contributed by atoms with E-state index in [2.05, 4.69) is 96.7 Å². The molecule has 0 fully saturated rings. The Hall–Kier alpha value is -3.81. The Morgan fingerprint density at radius 3 is 1.61 bits per heavy atom. The fourth-order valence-corrected chi connectivity index (χ4v) is 5.93. The van der Waals surface area contributed by atoms with E-state index >= 15 is 0 Å². The number of hydrogen-bond acceptors (Lipinski definition) is 7. The lowest BCUT2D eigenvalue weighted by atomic mass is 9.79. The molecule has 0 aliphatic rings. The van der Waals surface area contributed by atoms with E-state index in [9.17, 15) is 4.79 Å². The summed E-state index contributed by atoms with van der Waals surface area (Å²) in [7, 11) is 0. The number of rotatable bonds is 14. The lowest BCUT2D eigenvalue weighted by Gasteiger charge is -2.26. The van der Waals surface area contributed by atoms with Crippen LogP contribution in [0.4, 0.5) is 5.69 Å². The zero-order chi connectivity index (χ0) is 32.0. The SMILES string of the molecule is CCN(CC)Oc1ccc(C)c(C(c2cc(ON(CC)CC)ccc2C)c2c(C)c3ccc(N(CC)CC)cc3oc2=O)c1. The van der Waals surface area contributed by atoms with E-state index in [1.54, 1.807) is 0 Å². The molecule has 44 heavy (non-hydrogen) atoms. The molecule has 0 N–H and O–H groups in total. The highest BCUT2D eigenvalue weighted by molar-refractivity contribution is 5.85. The maximum Gasteiger partial charge on any atom is 0.340 e. The van der Waals surface area contributed by atoms with Crippen LogP contribution in [0.3, 0.4) is 0 Å². The number of hydrogen-bond donors (Lipinski definition) is 0. The molecule has 0 spiro atoms. The molecular formula is C37H49N3O4. The van der Waals surface area contributed by atoms with Crippen molar-refractivity contribution in [2.24, 2.45) is 0 Å². The normalized spacial score (nSPS) is 11.6. The fraction of sp³-hybridized carbons (Fsp3) is 0.432. The fourth-order valence-electron chi connectivity index (χ4n) is 5.93. The summed E-state index contributed by atoms with van der Waals surface area (Å²) in [5, 5.41) is 4.76. The standard InChI is InChI=1S/C37H49N3O4/c1-10-38(11-2)28-18-21-31-27(9)35(37(41)42-34(31)22-28)36(32-23-29(19-16-25(32)7)43-39(12-3)13-4)33-24-30(20-17-26(33)8)44-40(14-5)15-6/h16-24,36H,10-15H2,1-9H3. The van der Waals surface area contributed by atoms with Crippen molar-refractivity contribution >= 4 is 16.7 Å². The van der Waals surface area contributed by atoms with Gasteiger partial charge in [0.2, 0.25) is 0 Å². The van der Waals surface area contributed by atoms with E-state index in [-0.39, 0.29) is 5.63 Å². The molecular weight excluding hydrogens is 550 g/mol. The summed E-state index contributed by atoms with van der Waals surface area (Å²) in [6.07, 6.45) is 0. The molecule has 4 rings (SSSR count). The predicted octanol–water partition coefficient (Wildman–Crippen LogP) is 8.02. The van der Waals surface area contributed by atoms with Crippen LogP contribution in [0.25, 0.3) is 11.0 Å². The van der Waals surface area contributed by atoms with Crippen LogP contribution in [0, 0.1) is 20.8 Å². The third-order valence-corrected chi connectivity index (χ3v) is 8.62. The van der Waals surface area contributed by atoms with Gasteiger partial charge < -0.3 is 19.0 Å². The van der Waals surface area contributed by atoms with Crippen molar-refractivity contribution in [2.75, 3.05) is 44.2 Å². The van der Waals surface area contributed by atoms with Crippen LogP contribution >= 0.6 is 0 Å². The van der Waals surface area contributed by atoms with Gasteiger partial charge in [0.25, 0.3) is 0 Å². The van der Waals surface area contributed by atoms with E-state index < -0.39 is 5.92 Å². The molecule has 0 bridgehead atoms. The molecule has 7 heteroatoms. The highest BCUT2D eigenvalue weighted by atomic mass is 16.7. The van der Waals surface area contributed by atoms with Gasteiger partial charge in [0, 0.05) is 62.3 Å². The molecule has 7 nitrogen and oxygen atoms in total. The van der Waals surface area contributed by atoms with Crippen LogP contribution in [0.5, 0.6) is 11.5 Å². The first kappa shape index (κ1) is 33.1. The zero-order valence-electron chi connectivity index (χ0n) is 28.0. The highest BCUT2D eigenvalue weighted by Gasteiger charge is 2.28. The summed E-state index contributed by atoms with van der Waals surface area (Å²) in [5.74, 6) is 1.07. The van der Waals surface area contributed by atoms with Gasteiger partial charge in [-0.2, -0.15) is 0 Å². The monoisotopic (exact) mass is 599 g/mol. The van der Waals surface area contributed by atoms with E-state index in [0.29, 0.717) is 11.1 Å². The lowest BCUT2D eigenvalue weighted by molar-refractivity contribution is -0.0487. The number of aryl methyl sites for hydroxylation is 3. The molecule has 0 aliphatic carbocycles. The van der Waals surface area contributed by atoms with Gasteiger partial charge in [0.05, 0.1) is 5.56 Å². The molecule has 4 aromatic rings. The first-order valence-electron chi connectivity index (χ1n) is 16.1. The van der Waals surface area contributed by atoms with Gasteiger partial charge >= 0.3 is 5.63 Å². The number of hydroxylamine groups is 4. The van der Waals surface area contributed by atoms with Crippen molar-refractivity contribution in [3.8, 4) is 11.5 Å². The van der Waals surface area contributed by atoms with Crippen LogP contribution in [0.2, 0.25) is 0 Å². The molecule has 0 radical (unpaired) electrons. The lowest BCUT2D eigenvalue weighted by Crippen LogP contribution is -2.27. The third-order valence-electron chi connectivity index (χ3n) is 8.62. The number of anilines is 1. The predicted molar refractivity (Wildman–Crippen MR) is 181 cm³/mol. The number of benzene rings is 3. The van der Waals surface area contributed by atoms with E-state index in [1.807, 2.05) is 35.2 Å². The Labute approximate surface area is 262 Å². The van der Waals surface area contributed by atoms with E-state index in [1.165, 1.54) is 0 Å². The van der Waals surface area contributed by atoms with Crippen LogP contribution in [0.1, 0.15) is 80.8 Å². The molecule has 0 unspecified atom stereocenters. The van der Waals surface area contributed by atoms with Crippen molar-refractivity contribution in [1.29, 1.82) is 0 Å². The second-order valence-electron chi connectivity index (χ2n) is 11.2. The van der Waals surface area contributed by atoms with Crippen LogP contribution in [0.15, 0.2) is 63.8 Å². The van der Waals surface area contributed by atoms with Crippen molar-refractivity contribution in [2.45, 2.75) is 68.2 Å². The van der Waals surface area contributed by atoms with Crippen LogP contribution in [-0.2, 0) is 0 Å². The van der Waals surface area contributed by atoms with Crippen molar-refractivity contribution in [3.05, 3.63) is 98.4 Å². The summed E-state index contributed by atoms with van der Waals surface area (Å²) in [6.45, 7) is 23.5. The van der Waals surface area contributed by atoms with Gasteiger partial charge in [-0.25, -0.2) is 4.79 Å². The molecule has 236 valence electrons. The second-order valence-corrected chi connectivity index (χ2v) is 11.2. The number of fused-ring (bicyclic) bond motifs is 1. The minimum absolute atomic E-state index is 0.333. The Morgan fingerprint density at radius 2 is 1.16 bits per heavy atom. The maximum absolute atomic E-state index is 14.1. The maximum atomic E-state index is 14.1. The summed E-state index contributed by atoms with van der Waals surface area (Å²) in [5.41, 5.74) is 6.96. The molecule has 0 saturated carbocycles. The van der Waals surface area contributed by atoms with Crippen molar-refractivity contribution < 1.29 is 14.1 Å². The van der Waals surface area contributed by atoms with E-state index in [0.717, 1.165) is 89.7 Å². The molecule has 0 saturated heterocycles. The Balaban J connectivity index is 1.99. The van der Waals surface area contributed by atoms with E-state index in [4.69, 9.17) is 14.1 Å². The summed E-state index contributed by atoms with van der Waals surface area (Å²) in [6, 6.07) is 18.5. The van der Waals surface area contributed by atoms with Crippen molar-refractivity contribution in [1.82, 2.24) is 10.1 Å². The topological polar surface area (TPSA) is 58.4 Å². The summed E-state index contributed by atoms with van der Waals surface area (Å²) >= 11 is 0. The first-order chi connectivity index (χ1) is 21.2. The van der Waals surface area contributed by atoms with Gasteiger partial charge in [0.1, 0.15) is 17.1 Å². The molecule has 1 aromatic heterocycles. The highest BCUT2D eigenvalue weighted by Crippen LogP contribution is 2.40. The smallest absolute Gasteiger partial charge is 0.340 e. The Bertz CT molecular complexity index is 1550. The van der Waals surface area contributed by atoms with Gasteiger partial charge in [-0.05, 0) is 127 Å². The van der Waals surface area contributed by atoms with Gasteiger partial charge in [-0.1, -0.05) is 12.1 Å². The van der Waals surface area contributed by atoms with Crippen LogP contribution in [-0.4, -0.2) is 49.4 Å². The van der Waals surface area contributed by atoms with Gasteiger partial charge in [0.15, 0.2) is 0 Å².